The van der Waals surface area contributed by atoms with Crippen molar-refractivity contribution >= 4 is 35.1 Å². The minimum absolute atomic E-state index is 0.000185. The van der Waals surface area contributed by atoms with Gasteiger partial charge in [0.25, 0.3) is 5.91 Å². The SMILES string of the molecule is C=CC(=O)N1CCN2C(=O)c3c(N4C(=O)CCC4(C)C)nc(-c4c(O)cccc4F)c(Cl)c3OC[C@H]2C1. The molecular weight excluding hydrogens is 503 g/mol. The van der Waals surface area contributed by atoms with Crippen LogP contribution in [0.5, 0.6) is 11.5 Å². The molecule has 4 heterocycles. The third-order valence-electron chi connectivity index (χ3n) is 7.19. The fourth-order valence-corrected chi connectivity index (χ4v) is 5.51. The summed E-state index contributed by atoms with van der Waals surface area (Å²) in [6.07, 6.45) is 1.98. The second-order valence-corrected chi connectivity index (χ2v) is 10.3. The molecule has 1 atom stereocenters. The van der Waals surface area contributed by atoms with Crippen LogP contribution in [0, 0.1) is 5.82 Å². The highest BCUT2D eigenvalue weighted by Crippen LogP contribution is 2.48. The van der Waals surface area contributed by atoms with E-state index in [1.165, 1.54) is 23.1 Å². The molecule has 5 rings (SSSR count). The highest BCUT2D eigenvalue weighted by molar-refractivity contribution is 6.35. The molecule has 0 saturated carbocycles. The van der Waals surface area contributed by atoms with Crippen molar-refractivity contribution in [2.24, 2.45) is 0 Å². The zero-order chi connectivity index (χ0) is 26.6. The molecule has 0 aliphatic carbocycles. The van der Waals surface area contributed by atoms with Crippen LogP contribution in [0.2, 0.25) is 5.02 Å². The first-order chi connectivity index (χ1) is 17.5. The lowest BCUT2D eigenvalue weighted by atomic mass is 10.0. The molecule has 0 radical (unpaired) electrons. The second kappa shape index (κ2) is 9.02. The number of pyridine rings is 1. The highest BCUT2D eigenvalue weighted by Gasteiger charge is 2.46. The number of hydrogen-bond donors (Lipinski definition) is 1. The number of nitrogens with zero attached hydrogens (tertiary/aromatic N) is 4. The van der Waals surface area contributed by atoms with Crippen molar-refractivity contribution in [1.29, 1.82) is 0 Å². The lowest BCUT2D eigenvalue weighted by Crippen LogP contribution is -2.57. The van der Waals surface area contributed by atoms with E-state index < -0.39 is 29.1 Å². The maximum Gasteiger partial charge on any atom is 0.261 e. The van der Waals surface area contributed by atoms with Gasteiger partial charge in [-0.3, -0.25) is 19.3 Å². The highest BCUT2D eigenvalue weighted by atomic mass is 35.5. The minimum atomic E-state index is -0.775. The summed E-state index contributed by atoms with van der Waals surface area (Å²) in [7, 11) is 0. The Labute approximate surface area is 218 Å². The Kier molecular flexibility index (Phi) is 6.10. The van der Waals surface area contributed by atoms with Crippen molar-refractivity contribution in [3.8, 4) is 22.8 Å². The summed E-state index contributed by atoms with van der Waals surface area (Å²) in [5.41, 5.74) is -1.10. The van der Waals surface area contributed by atoms with E-state index in [9.17, 15) is 23.9 Å². The van der Waals surface area contributed by atoms with Gasteiger partial charge in [0.15, 0.2) is 11.6 Å². The van der Waals surface area contributed by atoms with Crippen molar-refractivity contribution in [1.82, 2.24) is 14.8 Å². The summed E-state index contributed by atoms with van der Waals surface area (Å²) in [6, 6.07) is 3.30. The zero-order valence-corrected chi connectivity index (χ0v) is 21.2. The molecule has 9 nitrogen and oxygen atoms in total. The minimum Gasteiger partial charge on any atom is -0.507 e. The molecule has 3 aliphatic rings. The number of anilines is 1. The summed E-state index contributed by atoms with van der Waals surface area (Å²) in [6.45, 7) is 7.99. The number of aromatic hydroxyl groups is 1. The standard InChI is InChI=1S/C26H26ClFN4O5/c1-4-17(34)30-10-11-31-14(12-30)13-37-23-20(25(31)36)24(32-18(35)8-9-26(32,2)3)29-22(21(23)27)19-15(28)6-5-7-16(19)33/h4-7,14,33H,1,8-13H2,2-3H3/t14-/m1/s1. The summed E-state index contributed by atoms with van der Waals surface area (Å²) in [5.74, 6) is -2.17. The molecular formula is C26H26ClFN4O5. The van der Waals surface area contributed by atoms with E-state index in [2.05, 4.69) is 11.6 Å². The molecule has 3 amide bonds. The van der Waals surface area contributed by atoms with Gasteiger partial charge in [-0.15, -0.1) is 0 Å². The Bertz CT molecular complexity index is 1330. The number of hydrogen-bond acceptors (Lipinski definition) is 6. The number of phenolic OH excluding ortho intramolecular Hbond substituents is 1. The Balaban J connectivity index is 1.72. The normalized spacial score (nSPS) is 20.8. The van der Waals surface area contributed by atoms with Crippen LogP contribution < -0.4 is 9.64 Å². The number of fused-ring (bicyclic) bond motifs is 2. The monoisotopic (exact) mass is 528 g/mol. The molecule has 2 saturated heterocycles. The predicted octanol–water partition coefficient (Wildman–Crippen LogP) is 3.38. The smallest absolute Gasteiger partial charge is 0.261 e. The van der Waals surface area contributed by atoms with Gasteiger partial charge in [0.2, 0.25) is 11.8 Å². The zero-order valence-electron chi connectivity index (χ0n) is 20.5. The van der Waals surface area contributed by atoms with Gasteiger partial charge in [0.1, 0.15) is 34.5 Å². The molecule has 3 aliphatic heterocycles. The van der Waals surface area contributed by atoms with Crippen molar-refractivity contribution in [2.75, 3.05) is 31.1 Å². The molecule has 0 unspecified atom stereocenters. The molecule has 2 aromatic rings. The Morgan fingerprint density at radius 3 is 2.70 bits per heavy atom. The molecule has 194 valence electrons. The van der Waals surface area contributed by atoms with Crippen LogP contribution in [0.3, 0.4) is 0 Å². The van der Waals surface area contributed by atoms with Crippen LogP contribution in [0.25, 0.3) is 11.3 Å². The molecule has 0 spiro atoms. The fourth-order valence-electron chi connectivity index (χ4n) is 5.23. The average molecular weight is 529 g/mol. The number of piperazine rings is 1. The van der Waals surface area contributed by atoms with Gasteiger partial charge in [0.05, 0.1) is 11.6 Å². The number of ether oxygens (including phenoxy) is 1. The lowest BCUT2D eigenvalue weighted by Gasteiger charge is -2.39. The van der Waals surface area contributed by atoms with Gasteiger partial charge >= 0.3 is 0 Å². The van der Waals surface area contributed by atoms with E-state index in [1.807, 2.05) is 13.8 Å². The Hall–Kier alpha value is -3.66. The first-order valence-corrected chi connectivity index (χ1v) is 12.3. The lowest BCUT2D eigenvalue weighted by molar-refractivity contribution is -0.128. The fraction of sp³-hybridized carbons (Fsp3) is 0.385. The number of carbonyl (C=O) groups is 3. The summed E-state index contributed by atoms with van der Waals surface area (Å²) in [4.78, 5) is 48.5. The van der Waals surface area contributed by atoms with Crippen LogP contribution in [0.15, 0.2) is 30.9 Å². The summed E-state index contributed by atoms with van der Waals surface area (Å²) in [5, 5.41) is 10.3. The number of carbonyl (C=O) groups excluding carboxylic acids is 3. The van der Waals surface area contributed by atoms with E-state index in [0.29, 0.717) is 13.0 Å². The Morgan fingerprint density at radius 1 is 1.30 bits per heavy atom. The molecule has 1 N–H and O–H groups in total. The van der Waals surface area contributed by atoms with E-state index >= 15 is 0 Å². The molecule has 0 bridgehead atoms. The number of aromatic nitrogens is 1. The molecule has 11 heteroatoms. The quantitative estimate of drug-likeness (QED) is 0.613. The average Bonchev–Trinajstić information content (AvgIpc) is 3.04. The maximum absolute atomic E-state index is 14.9. The van der Waals surface area contributed by atoms with Gasteiger partial charge in [0, 0.05) is 31.6 Å². The molecule has 2 fully saturated rings. The Morgan fingerprint density at radius 2 is 2.05 bits per heavy atom. The van der Waals surface area contributed by atoms with E-state index in [0.717, 1.165) is 6.07 Å². The molecule has 1 aromatic heterocycles. The number of rotatable bonds is 3. The van der Waals surface area contributed by atoms with Gasteiger partial charge < -0.3 is 19.6 Å². The van der Waals surface area contributed by atoms with E-state index in [-0.39, 0.29) is 71.3 Å². The second-order valence-electron chi connectivity index (χ2n) is 9.93. The third kappa shape index (κ3) is 3.99. The van der Waals surface area contributed by atoms with Crippen molar-refractivity contribution < 1.29 is 28.6 Å². The number of halogens is 2. The van der Waals surface area contributed by atoms with Gasteiger partial charge in [-0.1, -0.05) is 24.2 Å². The van der Waals surface area contributed by atoms with Crippen molar-refractivity contribution in [3.05, 3.63) is 47.3 Å². The largest absolute Gasteiger partial charge is 0.507 e. The van der Waals surface area contributed by atoms with Crippen molar-refractivity contribution in [3.63, 3.8) is 0 Å². The number of amides is 3. The molecule has 37 heavy (non-hydrogen) atoms. The van der Waals surface area contributed by atoms with E-state index in [1.54, 1.807) is 9.80 Å². The topological polar surface area (TPSA) is 103 Å². The van der Waals surface area contributed by atoms with Gasteiger partial charge in [-0.25, -0.2) is 9.37 Å². The van der Waals surface area contributed by atoms with Crippen molar-refractivity contribution in [2.45, 2.75) is 38.3 Å². The first-order valence-electron chi connectivity index (χ1n) is 11.9. The van der Waals surface area contributed by atoms with E-state index in [4.69, 9.17) is 16.3 Å². The third-order valence-corrected chi connectivity index (χ3v) is 7.54. The van der Waals surface area contributed by atoms with Crippen LogP contribution in [-0.4, -0.2) is 75.4 Å². The van der Waals surface area contributed by atoms with Crippen LogP contribution in [0.1, 0.15) is 37.0 Å². The summed E-state index contributed by atoms with van der Waals surface area (Å²) < 4.78 is 21.0. The predicted molar refractivity (Wildman–Crippen MR) is 134 cm³/mol. The van der Waals surface area contributed by atoms with Gasteiger partial charge in [-0.2, -0.15) is 0 Å². The number of phenols is 1. The van der Waals surface area contributed by atoms with Gasteiger partial charge in [-0.05, 0) is 38.5 Å². The first kappa shape index (κ1) is 25.0. The van der Waals surface area contributed by atoms with Crippen LogP contribution in [-0.2, 0) is 9.59 Å². The van der Waals surface area contributed by atoms with Crippen LogP contribution >= 0.6 is 11.6 Å². The summed E-state index contributed by atoms with van der Waals surface area (Å²) >= 11 is 6.71. The number of benzene rings is 1. The molecule has 1 aromatic carbocycles. The van der Waals surface area contributed by atoms with Crippen LogP contribution in [0.4, 0.5) is 10.2 Å². The maximum atomic E-state index is 14.9.